The number of nitrogens with zero attached hydrogens (tertiary/aromatic N) is 2. The normalized spacial score (nSPS) is 10.7. The topological polar surface area (TPSA) is 74.2 Å². The first-order valence-electron chi connectivity index (χ1n) is 7.27. The van der Waals surface area contributed by atoms with Crippen LogP contribution in [0, 0.1) is 0 Å². The predicted octanol–water partition coefficient (Wildman–Crippen LogP) is 4.09. The van der Waals surface area contributed by atoms with E-state index >= 15 is 0 Å². The number of ether oxygens (including phenoxy) is 1. The van der Waals surface area contributed by atoms with Crippen LogP contribution >= 0.6 is 15.9 Å². The highest BCUT2D eigenvalue weighted by Crippen LogP contribution is 2.33. The van der Waals surface area contributed by atoms with E-state index in [0.717, 1.165) is 12.8 Å². The van der Waals surface area contributed by atoms with Crippen LogP contribution in [0.3, 0.4) is 0 Å². The van der Waals surface area contributed by atoms with Crippen LogP contribution in [0.5, 0.6) is 5.88 Å². The smallest absolute Gasteiger partial charge is 0.233 e. The number of nitrogen functional groups attached to an aromatic ring is 1. The Bertz CT molecular complexity index is 761. The molecule has 0 unspecified atom stereocenters. The van der Waals surface area contributed by atoms with Crippen molar-refractivity contribution in [2.75, 3.05) is 12.3 Å². The molecule has 0 aliphatic rings. The zero-order valence-electron chi connectivity index (χ0n) is 12.4. The highest BCUT2D eigenvalue weighted by molar-refractivity contribution is 9.10. The Labute approximate surface area is 142 Å². The van der Waals surface area contributed by atoms with Crippen LogP contribution < -0.4 is 10.5 Å². The second-order valence-electron chi connectivity index (χ2n) is 4.96. The van der Waals surface area contributed by atoms with Crippen molar-refractivity contribution in [3.8, 4) is 17.3 Å². The minimum atomic E-state index is 0.151. The van der Waals surface area contributed by atoms with Crippen LogP contribution in [0.4, 0.5) is 5.95 Å². The molecule has 0 aliphatic carbocycles. The van der Waals surface area contributed by atoms with Crippen LogP contribution in [0.1, 0.15) is 12.0 Å². The second kappa shape index (κ2) is 7.28. The molecule has 0 saturated heterocycles. The minimum Gasteiger partial charge on any atom is -0.477 e. The van der Waals surface area contributed by atoms with Gasteiger partial charge < -0.3 is 14.9 Å². The third kappa shape index (κ3) is 3.90. The van der Waals surface area contributed by atoms with Gasteiger partial charge in [-0.05, 0) is 46.5 Å². The van der Waals surface area contributed by atoms with Crippen LogP contribution in [0.2, 0.25) is 0 Å². The number of hydrogen-bond acceptors (Lipinski definition) is 5. The van der Waals surface area contributed by atoms with Crippen molar-refractivity contribution in [1.29, 1.82) is 0 Å². The predicted molar refractivity (Wildman–Crippen MR) is 92.1 cm³/mol. The highest BCUT2D eigenvalue weighted by atomic mass is 79.9. The zero-order chi connectivity index (χ0) is 16.1. The summed E-state index contributed by atoms with van der Waals surface area (Å²) in [6, 6.07) is 13.9. The number of halogens is 1. The number of aromatic nitrogens is 2. The molecule has 3 rings (SSSR count). The zero-order valence-corrected chi connectivity index (χ0v) is 14.0. The van der Waals surface area contributed by atoms with Crippen LogP contribution in [-0.4, -0.2) is 16.6 Å². The molecule has 0 radical (unpaired) electrons. The molecule has 2 N–H and O–H groups in total. The Hall–Kier alpha value is -2.34. The third-order valence-corrected chi connectivity index (χ3v) is 4.00. The Morgan fingerprint density at radius 1 is 1.09 bits per heavy atom. The van der Waals surface area contributed by atoms with E-state index in [1.807, 2.05) is 24.3 Å². The molecule has 1 aromatic carbocycles. The van der Waals surface area contributed by atoms with Gasteiger partial charge in [-0.2, -0.15) is 4.98 Å². The van der Waals surface area contributed by atoms with E-state index in [1.165, 1.54) is 5.56 Å². The summed E-state index contributed by atoms with van der Waals surface area (Å²) in [7, 11) is 0. The Kier molecular flexibility index (Phi) is 4.92. The van der Waals surface area contributed by atoms with E-state index < -0.39 is 0 Å². The van der Waals surface area contributed by atoms with E-state index in [1.54, 1.807) is 12.3 Å². The number of benzene rings is 1. The summed E-state index contributed by atoms with van der Waals surface area (Å²) in [5.41, 5.74) is 7.63. The fraction of sp³-hybridized carbons (Fsp3) is 0.176. The first-order chi connectivity index (χ1) is 11.2. The number of nitrogens with two attached hydrogens (primary N) is 1. The fourth-order valence-electron chi connectivity index (χ4n) is 2.21. The number of anilines is 1. The average molecular weight is 374 g/mol. The molecule has 3 aromatic rings. The maximum absolute atomic E-state index is 5.76. The van der Waals surface area contributed by atoms with Crippen molar-refractivity contribution in [3.63, 3.8) is 0 Å². The first-order valence-corrected chi connectivity index (χ1v) is 8.07. The Morgan fingerprint density at radius 2 is 1.91 bits per heavy atom. The van der Waals surface area contributed by atoms with Crippen molar-refractivity contribution in [2.45, 2.75) is 12.8 Å². The molecule has 0 atom stereocenters. The van der Waals surface area contributed by atoms with Gasteiger partial charge in [-0.25, -0.2) is 4.98 Å². The van der Waals surface area contributed by atoms with E-state index in [4.69, 9.17) is 14.9 Å². The molecule has 2 heterocycles. The third-order valence-electron chi connectivity index (χ3n) is 3.28. The molecule has 0 spiro atoms. The summed E-state index contributed by atoms with van der Waals surface area (Å²) in [4.78, 5) is 8.34. The van der Waals surface area contributed by atoms with Gasteiger partial charge in [0.1, 0.15) is 10.2 Å². The van der Waals surface area contributed by atoms with E-state index in [0.29, 0.717) is 28.4 Å². The van der Waals surface area contributed by atoms with Gasteiger partial charge in [0.15, 0.2) is 5.76 Å². The Balaban J connectivity index is 1.66. The molecule has 0 amide bonds. The molecular weight excluding hydrogens is 358 g/mol. The van der Waals surface area contributed by atoms with Crippen LogP contribution in [0.25, 0.3) is 11.5 Å². The van der Waals surface area contributed by atoms with Gasteiger partial charge in [-0.3, -0.25) is 0 Å². The monoisotopic (exact) mass is 373 g/mol. The molecule has 2 aromatic heterocycles. The molecule has 23 heavy (non-hydrogen) atoms. The van der Waals surface area contributed by atoms with Gasteiger partial charge in [-0.15, -0.1) is 0 Å². The lowest BCUT2D eigenvalue weighted by molar-refractivity contribution is 0.297. The molecule has 0 fully saturated rings. The summed E-state index contributed by atoms with van der Waals surface area (Å²) in [5, 5.41) is 0. The molecule has 118 valence electrons. The molecular formula is C17H16BrN3O2. The standard InChI is InChI=1S/C17H16BrN3O2/c18-14-15(13-9-5-10-22-13)20-17(19)21-16(14)23-11-4-8-12-6-2-1-3-7-12/h1-3,5-7,9-10H,4,8,11H2,(H2,19,20,21). The van der Waals surface area contributed by atoms with Gasteiger partial charge in [0, 0.05) is 0 Å². The Morgan fingerprint density at radius 3 is 2.65 bits per heavy atom. The van der Waals surface area contributed by atoms with Crippen LogP contribution in [-0.2, 0) is 6.42 Å². The van der Waals surface area contributed by atoms with E-state index in [9.17, 15) is 0 Å². The molecule has 0 bridgehead atoms. The minimum absolute atomic E-state index is 0.151. The van der Waals surface area contributed by atoms with E-state index in [-0.39, 0.29) is 5.95 Å². The van der Waals surface area contributed by atoms with Crippen molar-refractivity contribution in [3.05, 3.63) is 58.8 Å². The lowest BCUT2D eigenvalue weighted by Gasteiger charge is -2.10. The maximum Gasteiger partial charge on any atom is 0.233 e. The van der Waals surface area contributed by atoms with Crippen molar-refractivity contribution in [2.24, 2.45) is 0 Å². The first kappa shape index (κ1) is 15.6. The highest BCUT2D eigenvalue weighted by Gasteiger charge is 2.16. The second-order valence-corrected chi connectivity index (χ2v) is 5.76. The maximum atomic E-state index is 5.76. The molecule has 0 saturated carbocycles. The SMILES string of the molecule is Nc1nc(OCCCc2ccccc2)c(Br)c(-c2ccco2)n1. The number of rotatable bonds is 6. The summed E-state index contributed by atoms with van der Waals surface area (Å²) in [6.45, 7) is 0.543. The van der Waals surface area contributed by atoms with Gasteiger partial charge in [0.25, 0.3) is 0 Å². The summed E-state index contributed by atoms with van der Waals surface area (Å²) >= 11 is 3.47. The fourth-order valence-corrected chi connectivity index (χ4v) is 2.69. The summed E-state index contributed by atoms with van der Waals surface area (Å²) in [6.07, 6.45) is 3.42. The largest absolute Gasteiger partial charge is 0.477 e. The number of aryl methyl sites for hydroxylation is 1. The molecule has 6 heteroatoms. The molecule has 5 nitrogen and oxygen atoms in total. The van der Waals surface area contributed by atoms with Crippen LogP contribution in [0.15, 0.2) is 57.6 Å². The van der Waals surface area contributed by atoms with Gasteiger partial charge in [-0.1, -0.05) is 30.3 Å². The lowest BCUT2D eigenvalue weighted by Crippen LogP contribution is -2.05. The van der Waals surface area contributed by atoms with Crippen molar-refractivity contribution in [1.82, 2.24) is 9.97 Å². The number of furan rings is 1. The van der Waals surface area contributed by atoms with Crippen molar-refractivity contribution >= 4 is 21.9 Å². The van der Waals surface area contributed by atoms with Gasteiger partial charge >= 0.3 is 0 Å². The summed E-state index contributed by atoms with van der Waals surface area (Å²) < 4.78 is 11.8. The molecule has 0 aliphatic heterocycles. The van der Waals surface area contributed by atoms with E-state index in [2.05, 4.69) is 38.0 Å². The average Bonchev–Trinajstić information content (AvgIpc) is 3.09. The van der Waals surface area contributed by atoms with Crippen molar-refractivity contribution < 1.29 is 9.15 Å². The lowest BCUT2D eigenvalue weighted by atomic mass is 10.1. The number of hydrogen-bond donors (Lipinski definition) is 1. The summed E-state index contributed by atoms with van der Waals surface area (Å²) in [5.74, 6) is 1.19. The van der Waals surface area contributed by atoms with Gasteiger partial charge in [0.2, 0.25) is 11.8 Å². The van der Waals surface area contributed by atoms with Gasteiger partial charge in [0.05, 0.1) is 12.9 Å². The quantitative estimate of drug-likeness (QED) is 0.658.